The Hall–Kier alpha value is -2.17. The minimum Gasteiger partial charge on any atom is -0.329 e. The van der Waals surface area contributed by atoms with Gasteiger partial charge in [0.15, 0.2) is 5.78 Å². The van der Waals surface area contributed by atoms with Crippen molar-refractivity contribution < 1.29 is 14.0 Å². The minimum absolute atomic E-state index is 0.0217. The average molecular weight is 404 g/mol. The second kappa shape index (κ2) is 7.10. The van der Waals surface area contributed by atoms with Crippen LogP contribution in [-0.4, -0.2) is 11.7 Å². The van der Waals surface area contributed by atoms with E-state index in [1.165, 1.54) is 12.1 Å². The van der Waals surface area contributed by atoms with E-state index in [0.717, 1.165) is 5.56 Å². The lowest BCUT2D eigenvalue weighted by Gasteiger charge is -2.34. The lowest BCUT2D eigenvalue weighted by atomic mass is 9.73. The molecule has 6 heteroatoms. The Morgan fingerprint density at radius 1 is 0.963 bits per heavy atom. The summed E-state index contributed by atoms with van der Waals surface area (Å²) < 4.78 is 13.2. The zero-order valence-corrected chi connectivity index (χ0v) is 15.8. The molecule has 0 radical (unpaired) electrons. The summed E-state index contributed by atoms with van der Waals surface area (Å²) in [6, 6.07) is 11.4. The molecule has 1 aliphatic heterocycles. The molecule has 1 heterocycles. The second-order valence-electron chi connectivity index (χ2n) is 6.92. The predicted octanol–water partition coefficient (Wildman–Crippen LogP) is 5.14. The molecular weight excluding hydrogens is 388 g/mol. The fourth-order valence-corrected chi connectivity index (χ4v) is 4.43. The zero-order valence-electron chi connectivity index (χ0n) is 14.3. The summed E-state index contributed by atoms with van der Waals surface area (Å²) in [5, 5.41) is 3.64. The molecule has 0 aromatic heterocycles. The van der Waals surface area contributed by atoms with Gasteiger partial charge < -0.3 is 5.32 Å². The maximum Gasteiger partial charge on any atom is 0.225 e. The summed E-state index contributed by atoms with van der Waals surface area (Å²) >= 11 is 12.5. The van der Waals surface area contributed by atoms with Crippen molar-refractivity contribution in [2.75, 3.05) is 0 Å². The Morgan fingerprint density at radius 2 is 1.70 bits per heavy atom. The number of Topliss-reactive ketones (excluding diaryl/α,β-unsaturated/α-hetero) is 1. The maximum absolute atomic E-state index is 13.2. The number of nitrogens with one attached hydrogen (secondary N) is 1. The maximum atomic E-state index is 13.2. The van der Waals surface area contributed by atoms with Crippen molar-refractivity contribution in [1.29, 1.82) is 0 Å². The predicted molar refractivity (Wildman–Crippen MR) is 102 cm³/mol. The molecular formula is C21H16Cl2FNO2. The summed E-state index contributed by atoms with van der Waals surface area (Å²) in [5.74, 6) is -0.983. The fourth-order valence-electron chi connectivity index (χ4n) is 3.99. The van der Waals surface area contributed by atoms with E-state index in [0.29, 0.717) is 39.7 Å². The van der Waals surface area contributed by atoms with Crippen LogP contribution in [0.3, 0.4) is 0 Å². The molecule has 2 atom stereocenters. The Bertz CT molecular complexity index is 969. The van der Waals surface area contributed by atoms with Crippen LogP contribution < -0.4 is 5.32 Å². The van der Waals surface area contributed by atoms with Crippen LogP contribution in [0.5, 0.6) is 0 Å². The van der Waals surface area contributed by atoms with Crippen molar-refractivity contribution in [2.45, 2.75) is 31.1 Å². The summed E-state index contributed by atoms with van der Waals surface area (Å²) in [5.41, 5.74) is 2.82. The first kappa shape index (κ1) is 18.2. The van der Waals surface area contributed by atoms with Gasteiger partial charge in [-0.2, -0.15) is 0 Å². The number of carbonyl (C=O) groups is 2. The van der Waals surface area contributed by atoms with E-state index in [1.54, 1.807) is 30.3 Å². The Morgan fingerprint density at radius 3 is 2.44 bits per heavy atom. The molecule has 3 nitrogen and oxygen atoms in total. The Kier molecular flexibility index (Phi) is 4.79. The molecule has 0 saturated carbocycles. The third-order valence-corrected chi connectivity index (χ3v) is 6.07. The largest absolute Gasteiger partial charge is 0.329 e. The SMILES string of the molecule is O=C1CC(c2cccc(Cl)c2Cl)C2=C(CC(c3ccc(F)cc3)CC2=O)N1. The number of carbonyl (C=O) groups excluding carboxylic acids is 2. The van der Waals surface area contributed by atoms with Gasteiger partial charge in [-0.05, 0) is 41.7 Å². The van der Waals surface area contributed by atoms with Crippen molar-refractivity contribution in [2.24, 2.45) is 0 Å². The van der Waals surface area contributed by atoms with Gasteiger partial charge in [0.05, 0.1) is 10.0 Å². The molecule has 0 fully saturated rings. The van der Waals surface area contributed by atoms with E-state index in [2.05, 4.69) is 5.32 Å². The van der Waals surface area contributed by atoms with Crippen LogP contribution >= 0.6 is 23.2 Å². The normalized spacial score (nSPS) is 22.5. The third kappa shape index (κ3) is 3.40. The number of hydrogen-bond acceptors (Lipinski definition) is 2. The molecule has 2 aliphatic rings. The summed E-state index contributed by atoms with van der Waals surface area (Å²) in [6.45, 7) is 0. The molecule has 1 amide bonds. The molecule has 4 rings (SSSR count). The highest BCUT2D eigenvalue weighted by Gasteiger charge is 2.39. The van der Waals surface area contributed by atoms with Crippen LogP contribution in [0, 0.1) is 5.82 Å². The van der Waals surface area contributed by atoms with Gasteiger partial charge in [-0.15, -0.1) is 0 Å². The van der Waals surface area contributed by atoms with Gasteiger partial charge in [0.25, 0.3) is 0 Å². The topological polar surface area (TPSA) is 46.2 Å². The molecule has 2 aromatic rings. The van der Waals surface area contributed by atoms with Crippen molar-refractivity contribution >= 4 is 34.9 Å². The number of benzene rings is 2. The van der Waals surface area contributed by atoms with Crippen molar-refractivity contribution in [3.63, 3.8) is 0 Å². The lowest BCUT2D eigenvalue weighted by molar-refractivity contribution is -0.122. The number of amides is 1. The second-order valence-corrected chi connectivity index (χ2v) is 7.71. The molecule has 2 unspecified atom stereocenters. The molecule has 2 aromatic carbocycles. The van der Waals surface area contributed by atoms with Gasteiger partial charge in [0.1, 0.15) is 5.82 Å². The first-order chi connectivity index (χ1) is 12.9. The van der Waals surface area contributed by atoms with Crippen LogP contribution in [0.15, 0.2) is 53.7 Å². The van der Waals surface area contributed by atoms with Crippen LogP contribution in [0.4, 0.5) is 4.39 Å². The van der Waals surface area contributed by atoms with Gasteiger partial charge in [-0.3, -0.25) is 9.59 Å². The van der Waals surface area contributed by atoms with E-state index in [9.17, 15) is 14.0 Å². The van der Waals surface area contributed by atoms with Gasteiger partial charge in [-0.1, -0.05) is 47.5 Å². The molecule has 27 heavy (non-hydrogen) atoms. The van der Waals surface area contributed by atoms with Crippen LogP contribution in [-0.2, 0) is 9.59 Å². The number of ketones is 1. The number of allylic oxidation sites excluding steroid dienone is 2. The summed E-state index contributed by atoms with van der Waals surface area (Å²) in [6.07, 6.45) is 0.994. The van der Waals surface area contributed by atoms with Crippen LogP contribution in [0.1, 0.15) is 42.2 Å². The van der Waals surface area contributed by atoms with Crippen molar-refractivity contribution in [3.8, 4) is 0 Å². The van der Waals surface area contributed by atoms with Crippen molar-refractivity contribution in [3.05, 3.63) is 80.7 Å². The van der Waals surface area contributed by atoms with Gasteiger partial charge in [-0.25, -0.2) is 4.39 Å². The third-order valence-electron chi connectivity index (χ3n) is 5.23. The first-order valence-corrected chi connectivity index (χ1v) is 9.45. The highest BCUT2D eigenvalue weighted by molar-refractivity contribution is 6.42. The summed E-state index contributed by atoms with van der Waals surface area (Å²) in [4.78, 5) is 25.3. The van der Waals surface area contributed by atoms with Crippen LogP contribution in [0.25, 0.3) is 0 Å². The molecule has 0 spiro atoms. The standard InChI is InChI=1S/C21H16Cl2FNO2/c22-16-3-1-2-14(21(16)23)15-10-19(27)25-17-8-12(9-18(26)20(15)17)11-4-6-13(24)7-5-11/h1-7,12,15H,8-10H2,(H,25,27). The highest BCUT2D eigenvalue weighted by Crippen LogP contribution is 2.45. The number of hydrogen-bond donors (Lipinski definition) is 1. The molecule has 0 saturated heterocycles. The molecule has 0 bridgehead atoms. The monoisotopic (exact) mass is 403 g/mol. The average Bonchev–Trinajstić information content (AvgIpc) is 2.63. The van der Waals surface area contributed by atoms with E-state index in [1.807, 2.05) is 0 Å². The Labute approximate surface area is 166 Å². The lowest BCUT2D eigenvalue weighted by Crippen LogP contribution is -2.38. The van der Waals surface area contributed by atoms with E-state index in [-0.39, 0.29) is 29.8 Å². The van der Waals surface area contributed by atoms with Crippen molar-refractivity contribution in [1.82, 2.24) is 5.32 Å². The first-order valence-electron chi connectivity index (χ1n) is 8.69. The van der Waals surface area contributed by atoms with Gasteiger partial charge in [0, 0.05) is 30.0 Å². The zero-order chi connectivity index (χ0) is 19.1. The van der Waals surface area contributed by atoms with E-state index in [4.69, 9.17) is 23.2 Å². The molecule has 1 aliphatic carbocycles. The Balaban J connectivity index is 1.74. The smallest absolute Gasteiger partial charge is 0.225 e. The fraction of sp³-hybridized carbons (Fsp3) is 0.238. The summed E-state index contributed by atoms with van der Waals surface area (Å²) in [7, 11) is 0. The van der Waals surface area contributed by atoms with Gasteiger partial charge >= 0.3 is 0 Å². The highest BCUT2D eigenvalue weighted by atomic mass is 35.5. The minimum atomic E-state index is -0.401. The number of halogens is 3. The van der Waals surface area contributed by atoms with E-state index >= 15 is 0 Å². The van der Waals surface area contributed by atoms with Gasteiger partial charge in [0.2, 0.25) is 5.91 Å². The van der Waals surface area contributed by atoms with Crippen LogP contribution in [0.2, 0.25) is 10.0 Å². The number of rotatable bonds is 2. The molecule has 138 valence electrons. The quantitative estimate of drug-likeness (QED) is 0.754. The molecule has 1 N–H and O–H groups in total. The van der Waals surface area contributed by atoms with E-state index < -0.39 is 5.92 Å².